The van der Waals surface area contributed by atoms with Gasteiger partial charge in [-0.25, -0.2) is 4.39 Å². The topological polar surface area (TPSA) is 38.3 Å². The molecule has 5 heteroatoms. The number of hydrogen-bond acceptors (Lipinski definition) is 2. The first-order valence-electron chi connectivity index (χ1n) is 6.08. The summed E-state index contributed by atoms with van der Waals surface area (Å²) in [6.45, 7) is 0.538. The zero-order valence-corrected chi connectivity index (χ0v) is 12.8. The lowest BCUT2D eigenvalue weighted by molar-refractivity contribution is 0.0946. The van der Waals surface area contributed by atoms with E-state index in [1.807, 2.05) is 12.1 Å². The van der Waals surface area contributed by atoms with Crippen LogP contribution < -0.4 is 10.1 Å². The van der Waals surface area contributed by atoms with Crippen molar-refractivity contribution in [2.75, 3.05) is 13.2 Å². The summed E-state index contributed by atoms with van der Waals surface area (Å²) in [5, 5.41) is 2.72. The smallest absolute Gasteiger partial charge is 0.251 e. The average molecular weight is 385 g/mol. The molecule has 0 atom stereocenters. The minimum Gasteiger partial charge on any atom is -0.489 e. The molecule has 0 heterocycles. The predicted octanol–water partition coefficient (Wildman–Crippen LogP) is 3.24. The Morgan fingerprint density at radius 2 is 1.85 bits per heavy atom. The molecule has 2 aromatic carbocycles. The molecule has 0 fully saturated rings. The Kier molecular flexibility index (Phi) is 5.34. The van der Waals surface area contributed by atoms with Gasteiger partial charge >= 0.3 is 0 Å². The van der Waals surface area contributed by atoms with Gasteiger partial charge in [-0.3, -0.25) is 4.79 Å². The third-order valence-corrected chi connectivity index (χ3v) is 3.31. The first kappa shape index (κ1) is 14.8. The second kappa shape index (κ2) is 7.23. The van der Waals surface area contributed by atoms with E-state index >= 15 is 0 Å². The van der Waals surface area contributed by atoms with Crippen molar-refractivity contribution in [3.05, 3.63) is 63.5 Å². The van der Waals surface area contributed by atoms with Crippen LogP contribution in [0.25, 0.3) is 0 Å². The third-order valence-electron chi connectivity index (χ3n) is 2.59. The van der Waals surface area contributed by atoms with Crippen LogP contribution in [0, 0.1) is 9.39 Å². The Balaban J connectivity index is 1.77. The normalized spacial score (nSPS) is 10.1. The molecule has 0 saturated carbocycles. The Labute approximate surface area is 130 Å². The molecule has 1 amide bonds. The highest BCUT2D eigenvalue weighted by Gasteiger charge is 2.05. The van der Waals surface area contributed by atoms with E-state index in [0.29, 0.717) is 12.1 Å². The summed E-state index contributed by atoms with van der Waals surface area (Å²) in [5.74, 6) is -0.383. The van der Waals surface area contributed by atoms with Gasteiger partial charge in [-0.05, 0) is 59.0 Å². The van der Waals surface area contributed by atoms with Crippen molar-refractivity contribution >= 4 is 28.5 Å². The Morgan fingerprint density at radius 3 is 2.55 bits per heavy atom. The molecular formula is C15H13FINO2. The summed E-state index contributed by atoms with van der Waals surface area (Å²) >= 11 is 2.18. The maximum atomic E-state index is 13.3. The van der Waals surface area contributed by atoms with Crippen molar-refractivity contribution in [1.29, 1.82) is 0 Å². The number of rotatable bonds is 5. The van der Waals surface area contributed by atoms with E-state index in [1.54, 1.807) is 30.3 Å². The van der Waals surface area contributed by atoms with E-state index in [-0.39, 0.29) is 18.3 Å². The summed E-state index contributed by atoms with van der Waals surface area (Å²) in [6.07, 6.45) is 0. The first-order chi connectivity index (χ1) is 9.66. The van der Waals surface area contributed by atoms with Crippen molar-refractivity contribution in [3.63, 3.8) is 0 Å². The van der Waals surface area contributed by atoms with Crippen LogP contribution >= 0.6 is 22.6 Å². The molecular weight excluding hydrogens is 372 g/mol. The van der Waals surface area contributed by atoms with Gasteiger partial charge in [0.25, 0.3) is 5.91 Å². The second-order valence-corrected chi connectivity index (χ2v) is 5.29. The number of carbonyl (C=O) groups excluding carboxylic acids is 1. The standard InChI is InChI=1S/C15H13FINO2/c16-13-3-1-2-4-14(13)20-10-9-18-15(19)11-5-7-12(17)8-6-11/h1-8H,9-10H2,(H,18,19). The van der Waals surface area contributed by atoms with Crippen LogP contribution in [0.15, 0.2) is 48.5 Å². The quantitative estimate of drug-likeness (QED) is 0.634. The summed E-state index contributed by atoms with van der Waals surface area (Å²) in [6, 6.07) is 13.4. The van der Waals surface area contributed by atoms with Crippen molar-refractivity contribution in [1.82, 2.24) is 5.32 Å². The molecule has 0 spiro atoms. The number of amides is 1. The predicted molar refractivity (Wildman–Crippen MR) is 83.4 cm³/mol. The molecule has 2 aromatic rings. The van der Waals surface area contributed by atoms with Gasteiger partial charge in [-0.1, -0.05) is 12.1 Å². The number of para-hydroxylation sites is 1. The van der Waals surface area contributed by atoms with E-state index in [9.17, 15) is 9.18 Å². The summed E-state index contributed by atoms with van der Waals surface area (Å²) < 4.78 is 19.6. The molecule has 3 nitrogen and oxygen atoms in total. The van der Waals surface area contributed by atoms with E-state index in [4.69, 9.17) is 4.74 Å². The van der Waals surface area contributed by atoms with Crippen LogP contribution in [0.1, 0.15) is 10.4 Å². The highest BCUT2D eigenvalue weighted by Crippen LogP contribution is 2.14. The fourth-order valence-electron chi connectivity index (χ4n) is 1.59. The fourth-order valence-corrected chi connectivity index (χ4v) is 1.95. The molecule has 104 valence electrons. The summed E-state index contributed by atoms with van der Waals surface area (Å²) in [4.78, 5) is 11.8. The van der Waals surface area contributed by atoms with E-state index in [0.717, 1.165) is 3.57 Å². The van der Waals surface area contributed by atoms with Gasteiger partial charge in [-0.2, -0.15) is 0 Å². The van der Waals surface area contributed by atoms with Gasteiger partial charge in [0.1, 0.15) is 6.61 Å². The lowest BCUT2D eigenvalue weighted by Crippen LogP contribution is -2.28. The van der Waals surface area contributed by atoms with Crippen LogP contribution in [-0.4, -0.2) is 19.1 Å². The van der Waals surface area contributed by atoms with Gasteiger partial charge in [0.2, 0.25) is 0 Å². The highest BCUT2D eigenvalue weighted by atomic mass is 127. The van der Waals surface area contributed by atoms with Crippen LogP contribution in [0.3, 0.4) is 0 Å². The third kappa shape index (κ3) is 4.19. The summed E-state index contributed by atoms with van der Waals surface area (Å²) in [7, 11) is 0. The molecule has 20 heavy (non-hydrogen) atoms. The molecule has 0 saturated heterocycles. The van der Waals surface area contributed by atoms with Crippen LogP contribution in [0.4, 0.5) is 4.39 Å². The molecule has 2 rings (SSSR count). The minimum atomic E-state index is -0.406. The SMILES string of the molecule is O=C(NCCOc1ccccc1F)c1ccc(I)cc1. The largest absolute Gasteiger partial charge is 0.489 e. The second-order valence-electron chi connectivity index (χ2n) is 4.04. The maximum Gasteiger partial charge on any atom is 0.251 e. The Morgan fingerprint density at radius 1 is 1.15 bits per heavy atom. The lowest BCUT2D eigenvalue weighted by Gasteiger charge is -2.08. The maximum absolute atomic E-state index is 13.3. The molecule has 0 aliphatic rings. The van der Waals surface area contributed by atoms with Gasteiger partial charge in [0.15, 0.2) is 11.6 Å². The van der Waals surface area contributed by atoms with Gasteiger partial charge in [0.05, 0.1) is 6.54 Å². The Hall–Kier alpha value is -1.63. The van der Waals surface area contributed by atoms with Crippen molar-refractivity contribution in [2.45, 2.75) is 0 Å². The number of nitrogens with one attached hydrogen (secondary N) is 1. The van der Waals surface area contributed by atoms with Crippen LogP contribution in [0.2, 0.25) is 0 Å². The summed E-state index contributed by atoms with van der Waals surface area (Å²) in [5.41, 5.74) is 0.594. The molecule has 0 aromatic heterocycles. The number of benzene rings is 2. The number of carbonyl (C=O) groups is 1. The zero-order valence-electron chi connectivity index (χ0n) is 10.6. The molecule has 0 bridgehead atoms. The fraction of sp³-hybridized carbons (Fsp3) is 0.133. The molecule has 0 aliphatic carbocycles. The van der Waals surface area contributed by atoms with Crippen molar-refractivity contribution in [2.24, 2.45) is 0 Å². The number of halogens is 2. The van der Waals surface area contributed by atoms with Crippen molar-refractivity contribution < 1.29 is 13.9 Å². The monoisotopic (exact) mass is 385 g/mol. The zero-order chi connectivity index (χ0) is 14.4. The molecule has 0 aliphatic heterocycles. The first-order valence-corrected chi connectivity index (χ1v) is 7.16. The van der Waals surface area contributed by atoms with Gasteiger partial charge < -0.3 is 10.1 Å². The number of hydrogen-bond donors (Lipinski definition) is 1. The van der Waals surface area contributed by atoms with Crippen molar-refractivity contribution in [3.8, 4) is 5.75 Å². The number of ether oxygens (including phenoxy) is 1. The molecule has 0 unspecified atom stereocenters. The highest BCUT2D eigenvalue weighted by molar-refractivity contribution is 14.1. The lowest BCUT2D eigenvalue weighted by atomic mass is 10.2. The van der Waals surface area contributed by atoms with Crippen LogP contribution in [-0.2, 0) is 0 Å². The van der Waals surface area contributed by atoms with Gasteiger partial charge in [0, 0.05) is 9.13 Å². The van der Waals surface area contributed by atoms with E-state index in [1.165, 1.54) is 6.07 Å². The molecule has 0 radical (unpaired) electrons. The van der Waals surface area contributed by atoms with Gasteiger partial charge in [-0.15, -0.1) is 0 Å². The van der Waals surface area contributed by atoms with E-state index in [2.05, 4.69) is 27.9 Å². The minimum absolute atomic E-state index is 0.168. The Bertz CT molecular complexity index is 587. The van der Waals surface area contributed by atoms with E-state index < -0.39 is 5.82 Å². The average Bonchev–Trinajstić information content (AvgIpc) is 2.46. The van der Waals surface area contributed by atoms with Crippen LogP contribution in [0.5, 0.6) is 5.75 Å². The molecule has 1 N–H and O–H groups in total.